The Morgan fingerprint density at radius 1 is 1.35 bits per heavy atom. The Labute approximate surface area is 145 Å². The standard InChI is InChI=1S/C18H28N2O2.ClH/c1-13-6-8-20(16(10-13)12-19)18(21)7-9-22-17-5-4-14(2)15(3)11-17;/h4-5,11,13,16H,6-10,12,19H2,1-3H3;1H. The Morgan fingerprint density at radius 2 is 2.09 bits per heavy atom. The van der Waals surface area contributed by atoms with E-state index in [2.05, 4.69) is 20.8 Å². The number of carbonyl (C=O) groups is 1. The molecule has 2 atom stereocenters. The maximum Gasteiger partial charge on any atom is 0.226 e. The highest BCUT2D eigenvalue weighted by molar-refractivity contribution is 5.85. The van der Waals surface area contributed by atoms with Gasteiger partial charge in [0.15, 0.2) is 0 Å². The fraction of sp³-hybridized carbons (Fsp3) is 0.611. The van der Waals surface area contributed by atoms with Crippen LogP contribution in [0.25, 0.3) is 0 Å². The van der Waals surface area contributed by atoms with Gasteiger partial charge >= 0.3 is 0 Å². The highest BCUT2D eigenvalue weighted by Gasteiger charge is 2.28. The summed E-state index contributed by atoms with van der Waals surface area (Å²) < 4.78 is 5.71. The number of ether oxygens (including phenoxy) is 1. The molecule has 1 fully saturated rings. The fourth-order valence-electron chi connectivity index (χ4n) is 3.01. The van der Waals surface area contributed by atoms with Crippen LogP contribution in [0.4, 0.5) is 0 Å². The van der Waals surface area contributed by atoms with E-state index in [-0.39, 0.29) is 24.4 Å². The number of rotatable bonds is 5. The van der Waals surface area contributed by atoms with Gasteiger partial charge in [0.05, 0.1) is 13.0 Å². The third-order valence-electron chi connectivity index (χ3n) is 4.63. The maximum atomic E-state index is 12.4. The van der Waals surface area contributed by atoms with Gasteiger partial charge in [-0.2, -0.15) is 0 Å². The number of hydrogen-bond donors (Lipinski definition) is 1. The van der Waals surface area contributed by atoms with Gasteiger partial charge in [0.25, 0.3) is 0 Å². The Kier molecular flexibility index (Phi) is 7.86. The van der Waals surface area contributed by atoms with Crippen molar-refractivity contribution in [2.24, 2.45) is 11.7 Å². The number of aryl methyl sites for hydroxylation is 2. The van der Waals surface area contributed by atoms with Gasteiger partial charge in [-0.05, 0) is 55.9 Å². The predicted molar refractivity (Wildman–Crippen MR) is 96.2 cm³/mol. The van der Waals surface area contributed by atoms with E-state index in [1.54, 1.807) is 0 Å². The van der Waals surface area contributed by atoms with Crippen molar-refractivity contribution >= 4 is 18.3 Å². The Balaban J connectivity index is 0.00000264. The van der Waals surface area contributed by atoms with Crippen molar-refractivity contribution in [3.63, 3.8) is 0 Å². The molecule has 1 aliphatic heterocycles. The molecule has 2 unspecified atom stereocenters. The molecule has 1 heterocycles. The van der Waals surface area contributed by atoms with Crippen LogP contribution in [0, 0.1) is 19.8 Å². The van der Waals surface area contributed by atoms with Crippen molar-refractivity contribution in [3.05, 3.63) is 29.3 Å². The van der Waals surface area contributed by atoms with Crippen molar-refractivity contribution in [1.82, 2.24) is 4.90 Å². The Bertz CT molecular complexity index is 522. The van der Waals surface area contributed by atoms with E-state index >= 15 is 0 Å². The zero-order valence-electron chi connectivity index (χ0n) is 14.4. The van der Waals surface area contributed by atoms with E-state index in [9.17, 15) is 4.79 Å². The van der Waals surface area contributed by atoms with Crippen LogP contribution in [0.1, 0.15) is 37.3 Å². The molecule has 1 saturated heterocycles. The van der Waals surface area contributed by atoms with E-state index < -0.39 is 0 Å². The van der Waals surface area contributed by atoms with Crippen LogP contribution < -0.4 is 10.5 Å². The number of amides is 1. The molecule has 2 N–H and O–H groups in total. The Hall–Kier alpha value is -1.26. The average molecular weight is 341 g/mol. The van der Waals surface area contributed by atoms with E-state index in [0.717, 1.165) is 25.1 Å². The first-order valence-corrected chi connectivity index (χ1v) is 8.21. The summed E-state index contributed by atoms with van der Waals surface area (Å²) in [6.45, 7) is 8.17. The van der Waals surface area contributed by atoms with Crippen LogP contribution in [0.3, 0.4) is 0 Å². The molecular weight excluding hydrogens is 312 g/mol. The van der Waals surface area contributed by atoms with Crippen molar-refractivity contribution in [1.29, 1.82) is 0 Å². The fourth-order valence-corrected chi connectivity index (χ4v) is 3.01. The molecule has 0 bridgehead atoms. The second-order valence-electron chi connectivity index (χ2n) is 6.45. The summed E-state index contributed by atoms with van der Waals surface area (Å²) >= 11 is 0. The number of likely N-dealkylation sites (tertiary alicyclic amines) is 1. The highest BCUT2D eigenvalue weighted by atomic mass is 35.5. The quantitative estimate of drug-likeness (QED) is 0.896. The first kappa shape index (κ1) is 19.8. The van der Waals surface area contributed by atoms with Crippen molar-refractivity contribution < 1.29 is 9.53 Å². The van der Waals surface area contributed by atoms with E-state index in [4.69, 9.17) is 10.5 Å². The van der Waals surface area contributed by atoms with Crippen molar-refractivity contribution in [2.45, 2.75) is 46.1 Å². The van der Waals surface area contributed by atoms with Crippen molar-refractivity contribution in [2.75, 3.05) is 19.7 Å². The minimum absolute atomic E-state index is 0. The number of hydrogen-bond acceptors (Lipinski definition) is 3. The largest absolute Gasteiger partial charge is 0.493 e. The van der Waals surface area contributed by atoms with Gasteiger partial charge in [-0.1, -0.05) is 13.0 Å². The minimum Gasteiger partial charge on any atom is -0.493 e. The lowest BCUT2D eigenvalue weighted by Crippen LogP contribution is -2.49. The van der Waals surface area contributed by atoms with Gasteiger partial charge in [0.2, 0.25) is 5.91 Å². The molecule has 1 amide bonds. The second-order valence-corrected chi connectivity index (χ2v) is 6.45. The molecule has 130 valence electrons. The van der Waals surface area contributed by atoms with Crippen LogP contribution in [0.5, 0.6) is 5.75 Å². The summed E-state index contributed by atoms with van der Waals surface area (Å²) in [5.41, 5.74) is 8.27. The summed E-state index contributed by atoms with van der Waals surface area (Å²) in [7, 11) is 0. The first-order chi connectivity index (χ1) is 10.5. The molecule has 0 aromatic heterocycles. The minimum atomic E-state index is 0. The first-order valence-electron chi connectivity index (χ1n) is 8.21. The molecule has 2 rings (SSSR count). The lowest BCUT2D eigenvalue weighted by atomic mass is 9.92. The smallest absolute Gasteiger partial charge is 0.226 e. The second kappa shape index (κ2) is 9.14. The van der Waals surface area contributed by atoms with Crippen LogP contribution >= 0.6 is 12.4 Å². The number of nitrogens with zero attached hydrogens (tertiary/aromatic N) is 1. The number of halogens is 1. The molecule has 0 radical (unpaired) electrons. The third-order valence-corrected chi connectivity index (χ3v) is 4.63. The summed E-state index contributed by atoms with van der Waals surface area (Å²) in [6, 6.07) is 6.21. The molecule has 23 heavy (non-hydrogen) atoms. The molecule has 0 aliphatic carbocycles. The lowest BCUT2D eigenvalue weighted by Gasteiger charge is -2.38. The number of benzene rings is 1. The summed E-state index contributed by atoms with van der Waals surface area (Å²) in [5, 5.41) is 0. The lowest BCUT2D eigenvalue weighted by molar-refractivity contribution is -0.135. The third kappa shape index (κ3) is 5.40. The van der Waals surface area contributed by atoms with Gasteiger partial charge in [-0.25, -0.2) is 0 Å². The Morgan fingerprint density at radius 3 is 2.74 bits per heavy atom. The molecule has 1 aromatic carbocycles. The topological polar surface area (TPSA) is 55.6 Å². The maximum absolute atomic E-state index is 12.4. The zero-order chi connectivity index (χ0) is 16.1. The molecule has 0 saturated carbocycles. The van der Waals surface area contributed by atoms with E-state index in [0.29, 0.717) is 25.5 Å². The normalized spacial score (nSPS) is 20.8. The molecule has 0 spiro atoms. The van der Waals surface area contributed by atoms with Crippen LogP contribution in [-0.2, 0) is 4.79 Å². The molecule has 1 aromatic rings. The molecule has 4 nitrogen and oxygen atoms in total. The predicted octanol–water partition coefficient (Wildman–Crippen LogP) is 3.08. The van der Waals surface area contributed by atoms with E-state index in [1.807, 2.05) is 23.1 Å². The van der Waals surface area contributed by atoms with Gasteiger partial charge in [0, 0.05) is 19.1 Å². The van der Waals surface area contributed by atoms with Crippen LogP contribution in [-0.4, -0.2) is 36.5 Å². The summed E-state index contributed by atoms with van der Waals surface area (Å²) in [6.07, 6.45) is 2.50. The summed E-state index contributed by atoms with van der Waals surface area (Å²) in [4.78, 5) is 14.3. The van der Waals surface area contributed by atoms with Gasteiger partial charge in [-0.15, -0.1) is 12.4 Å². The van der Waals surface area contributed by atoms with Gasteiger partial charge in [0.1, 0.15) is 5.75 Å². The highest BCUT2D eigenvalue weighted by Crippen LogP contribution is 2.22. The molecule has 5 heteroatoms. The SMILES string of the molecule is Cc1ccc(OCCC(=O)N2CCC(C)CC2CN)cc1C.Cl. The van der Waals surface area contributed by atoms with Crippen LogP contribution in [0.15, 0.2) is 18.2 Å². The number of carbonyl (C=O) groups excluding carboxylic acids is 1. The van der Waals surface area contributed by atoms with Gasteiger partial charge in [-0.3, -0.25) is 4.79 Å². The molecule has 1 aliphatic rings. The zero-order valence-corrected chi connectivity index (χ0v) is 15.2. The van der Waals surface area contributed by atoms with E-state index in [1.165, 1.54) is 11.1 Å². The number of nitrogens with two attached hydrogens (primary N) is 1. The number of piperidine rings is 1. The van der Waals surface area contributed by atoms with Crippen LogP contribution in [0.2, 0.25) is 0 Å². The molecular formula is C18H29ClN2O2. The van der Waals surface area contributed by atoms with Crippen molar-refractivity contribution in [3.8, 4) is 5.75 Å². The average Bonchev–Trinajstić information content (AvgIpc) is 2.50. The van der Waals surface area contributed by atoms with Gasteiger partial charge < -0.3 is 15.4 Å². The summed E-state index contributed by atoms with van der Waals surface area (Å²) in [5.74, 6) is 1.65. The monoisotopic (exact) mass is 340 g/mol.